The summed E-state index contributed by atoms with van der Waals surface area (Å²) in [6.45, 7) is 2.24. The van der Waals surface area contributed by atoms with Crippen LogP contribution >= 0.6 is 0 Å². The maximum atomic E-state index is 5.12. The highest BCUT2D eigenvalue weighted by molar-refractivity contribution is 6.09. The summed E-state index contributed by atoms with van der Waals surface area (Å²) in [6.07, 6.45) is 7.66. The molecule has 2 aromatic heterocycles. The maximum absolute atomic E-state index is 5.12. The van der Waals surface area contributed by atoms with E-state index in [9.17, 15) is 0 Å². The fourth-order valence-electron chi connectivity index (χ4n) is 6.33. The summed E-state index contributed by atoms with van der Waals surface area (Å²) in [5.74, 6) is 0.839. The molecule has 3 heteroatoms. The number of hydrogen-bond donors (Lipinski definition) is 0. The van der Waals surface area contributed by atoms with E-state index < -0.39 is 0 Å². The molecule has 0 radical (unpaired) electrons. The van der Waals surface area contributed by atoms with E-state index in [4.69, 9.17) is 9.97 Å². The van der Waals surface area contributed by atoms with Crippen LogP contribution in [0.2, 0.25) is 0 Å². The molecule has 5 aromatic carbocycles. The van der Waals surface area contributed by atoms with Crippen molar-refractivity contribution in [1.29, 1.82) is 0 Å². The monoisotopic (exact) mass is 565 g/mol. The molecule has 44 heavy (non-hydrogen) atoms. The van der Waals surface area contributed by atoms with Gasteiger partial charge in [-0.25, -0.2) is 9.97 Å². The third kappa shape index (κ3) is 4.54. The van der Waals surface area contributed by atoms with Gasteiger partial charge in [0, 0.05) is 33.0 Å². The van der Waals surface area contributed by atoms with Crippen molar-refractivity contribution >= 4 is 27.4 Å². The fourth-order valence-corrected chi connectivity index (χ4v) is 6.33. The Balaban J connectivity index is 1.12. The molecule has 1 unspecified atom stereocenters. The van der Waals surface area contributed by atoms with Crippen molar-refractivity contribution < 1.29 is 0 Å². The minimum atomic E-state index is -0.319. The molecule has 2 heterocycles. The first-order valence-electron chi connectivity index (χ1n) is 15.2. The third-order valence-electron chi connectivity index (χ3n) is 8.79. The number of nitrogens with zero attached hydrogens (tertiary/aromatic N) is 3. The summed E-state index contributed by atoms with van der Waals surface area (Å²) in [6, 6.07) is 49.1. The summed E-state index contributed by atoms with van der Waals surface area (Å²) in [4.78, 5) is 10.2. The van der Waals surface area contributed by atoms with Gasteiger partial charge in [0.2, 0.25) is 0 Å². The van der Waals surface area contributed by atoms with Gasteiger partial charge in [0.15, 0.2) is 0 Å². The predicted octanol–water partition coefficient (Wildman–Crippen LogP) is 10.2. The van der Waals surface area contributed by atoms with Gasteiger partial charge in [-0.2, -0.15) is 0 Å². The molecule has 8 rings (SSSR count). The van der Waals surface area contributed by atoms with Crippen LogP contribution in [0.3, 0.4) is 0 Å². The highest BCUT2D eigenvalue weighted by Gasteiger charge is 2.29. The number of allylic oxidation sites excluding steroid dienone is 4. The minimum Gasteiger partial charge on any atom is -0.309 e. The van der Waals surface area contributed by atoms with Crippen LogP contribution in [0.1, 0.15) is 24.7 Å². The first kappa shape index (κ1) is 26.1. The first-order valence-corrected chi connectivity index (χ1v) is 15.2. The molecule has 0 amide bonds. The lowest BCUT2D eigenvalue weighted by molar-refractivity contribution is 0.559. The molecule has 0 bridgehead atoms. The Morgan fingerprint density at radius 1 is 0.568 bits per heavy atom. The summed E-state index contributed by atoms with van der Waals surface area (Å²) in [5.41, 5.74) is 9.79. The molecular weight excluding hydrogens is 534 g/mol. The van der Waals surface area contributed by atoms with E-state index in [1.54, 1.807) is 0 Å². The lowest BCUT2D eigenvalue weighted by Crippen LogP contribution is -2.24. The number of benzene rings is 5. The topological polar surface area (TPSA) is 30.7 Å². The van der Waals surface area contributed by atoms with Crippen molar-refractivity contribution in [3.63, 3.8) is 0 Å². The van der Waals surface area contributed by atoms with Crippen molar-refractivity contribution in [2.24, 2.45) is 0 Å². The van der Waals surface area contributed by atoms with E-state index in [1.165, 1.54) is 32.9 Å². The van der Waals surface area contributed by atoms with E-state index >= 15 is 0 Å². The summed E-state index contributed by atoms with van der Waals surface area (Å²) in [7, 11) is 0. The maximum Gasteiger partial charge on any atom is 0.139 e. The van der Waals surface area contributed by atoms with Crippen molar-refractivity contribution in [2.75, 3.05) is 0 Å². The second kappa shape index (κ2) is 10.6. The Morgan fingerprint density at radius 2 is 1.09 bits per heavy atom. The number of hydrogen-bond acceptors (Lipinski definition) is 2. The number of para-hydroxylation sites is 2. The Hall–Kier alpha value is -5.54. The standard InChI is InChI=1S/C41H31N3/c1-41(40-42-36(31-12-4-2-5-13-31)28-37(43-40)32-14-6-3-7-15-32)26-24-30(25-27-41)29-20-22-33(23-21-29)44-38-18-10-8-16-34(38)35-17-9-11-19-39(35)44/h2-26,28H,27H2,1H3. The van der Waals surface area contributed by atoms with Crippen LogP contribution in [0.25, 0.3) is 55.6 Å². The van der Waals surface area contributed by atoms with Crippen molar-refractivity contribution in [1.82, 2.24) is 14.5 Å². The lowest BCUT2D eigenvalue weighted by atomic mass is 9.79. The molecule has 1 aliphatic carbocycles. The van der Waals surface area contributed by atoms with E-state index in [2.05, 4.69) is 157 Å². The summed E-state index contributed by atoms with van der Waals surface area (Å²) < 4.78 is 2.36. The number of fused-ring (bicyclic) bond motifs is 3. The number of rotatable bonds is 5. The lowest BCUT2D eigenvalue weighted by Gasteiger charge is -2.27. The van der Waals surface area contributed by atoms with Gasteiger partial charge in [0.1, 0.15) is 5.82 Å². The Labute approximate surface area is 257 Å². The molecule has 3 nitrogen and oxygen atoms in total. The normalized spacial score (nSPS) is 16.3. The molecule has 0 spiro atoms. The molecular formula is C41H31N3. The van der Waals surface area contributed by atoms with Crippen LogP contribution in [0.5, 0.6) is 0 Å². The van der Waals surface area contributed by atoms with Crippen molar-refractivity contribution in [3.8, 4) is 28.2 Å². The van der Waals surface area contributed by atoms with Crippen LogP contribution < -0.4 is 0 Å². The molecule has 1 aliphatic rings. The molecule has 0 fully saturated rings. The van der Waals surface area contributed by atoms with Gasteiger partial charge in [0.25, 0.3) is 0 Å². The Bertz CT molecular complexity index is 2080. The average Bonchev–Trinajstić information content (AvgIpc) is 3.44. The van der Waals surface area contributed by atoms with Gasteiger partial charge in [-0.3, -0.25) is 0 Å². The van der Waals surface area contributed by atoms with Gasteiger partial charge < -0.3 is 4.57 Å². The average molecular weight is 566 g/mol. The first-order chi connectivity index (χ1) is 21.7. The van der Waals surface area contributed by atoms with Crippen LogP contribution in [0.4, 0.5) is 0 Å². The van der Waals surface area contributed by atoms with E-state index in [0.29, 0.717) is 0 Å². The summed E-state index contributed by atoms with van der Waals surface area (Å²) >= 11 is 0. The molecule has 0 saturated heterocycles. The van der Waals surface area contributed by atoms with Crippen LogP contribution in [-0.2, 0) is 5.41 Å². The zero-order valence-electron chi connectivity index (χ0n) is 24.6. The Kier molecular flexibility index (Phi) is 6.31. The highest BCUT2D eigenvalue weighted by Crippen LogP contribution is 2.37. The smallest absolute Gasteiger partial charge is 0.139 e. The molecule has 7 aromatic rings. The number of aromatic nitrogens is 3. The highest BCUT2D eigenvalue weighted by atomic mass is 15.0. The second-order valence-corrected chi connectivity index (χ2v) is 11.7. The zero-order valence-corrected chi connectivity index (χ0v) is 24.6. The van der Waals surface area contributed by atoms with Gasteiger partial charge >= 0.3 is 0 Å². The van der Waals surface area contributed by atoms with Crippen LogP contribution in [-0.4, -0.2) is 14.5 Å². The fraction of sp³-hybridized carbons (Fsp3) is 0.0732. The van der Waals surface area contributed by atoms with Crippen LogP contribution in [0, 0.1) is 0 Å². The summed E-state index contributed by atoms with van der Waals surface area (Å²) in [5, 5.41) is 2.55. The molecule has 0 saturated carbocycles. The Morgan fingerprint density at radius 3 is 1.61 bits per heavy atom. The van der Waals surface area contributed by atoms with E-state index in [-0.39, 0.29) is 5.41 Å². The van der Waals surface area contributed by atoms with Gasteiger partial charge in [-0.1, -0.05) is 127 Å². The predicted molar refractivity (Wildman–Crippen MR) is 183 cm³/mol. The quantitative estimate of drug-likeness (QED) is 0.208. The molecule has 0 aliphatic heterocycles. The molecule has 210 valence electrons. The van der Waals surface area contributed by atoms with Crippen molar-refractivity contribution in [3.05, 3.63) is 169 Å². The van der Waals surface area contributed by atoms with Gasteiger partial charge in [0.05, 0.1) is 22.4 Å². The van der Waals surface area contributed by atoms with Gasteiger partial charge in [-0.05, 0) is 54.8 Å². The van der Waals surface area contributed by atoms with Crippen molar-refractivity contribution in [2.45, 2.75) is 18.8 Å². The van der Waals surface area contributed by atoms with E-state index in [0.717, 1.165) is 40.4 Å². The minimum absolute atomic E-state index is 0.319. The second-order valence-electron chi connectivity index (χ2n) is 11.7. The zero-order chi connectivity index (χ0) is 29.5. The van der Waals surface area contributed by atoms with Gasteiger partial charge in [-0.15, -0.1) is 0 Å². The SMILES string of the molecule is CC1(c2nc(-c3ccccc3)cc(-c3ccccc3)n2)C=CC(c2ccc(-n3c4ccccc4c4ccccc43)cc2)=CC1. The largest absolute Gasteiger partial charge is 0.309 e. The van der Waals surface area contributed by atoms with E-state index in [1.807, 2.05) is 12.1 Å². The molecule has 0 N–H and O–H groups in total. The third-order valence-corrected chi connectivity index (χ3v) is 8.79. The molecule has 1 atom stereocenters. The van der Waals surface area contributed by atoms with Crippen LogP contribution in [0.15, 0.2) is 158 Å².